The molecule has 150 valence electrons. The van der Waals surface area contributed by atoms with Crippen molar-refractivity contribution in [2.75, 3.05) is 11.4 Å². The summed E-state index contributed by atoms with van der Waals surface area (Å²) in [6.45, 7) is 5.61. The second kappa shape index (κ2) is 7.45. The fourth-order valence-electron chi connectivity index (χ4n) is 4.36. The quantitative estimate of drug-likeness (QED) is 0.475. The second-order valence-corrected chi connectivity index (χ2v) is 8.20. The number of nitrogens with zero attached hydrogens (tertiary/aromatic N) is 3. The van der Waals surface area contributed by atoms with Crippen molar-refractivity contribution in [3.8, 4) is 0 Å². The fraction of sp³-hybridized carbons (Fsp3) is 0.231. The minimum absolute atomic E-state index is 0.0789. The van der Waals surface area contributed by atoms with Crippen molar-refractivity contribution < 1.29 is 4.79 Å². The maximum atomic E-state index is 12.9. The Morgan fingerprint density at radius 1 is 0.933 bits per heavy atom. The van der Waals surface area contributed by atoms with E-state index >= 15 is 0 Å². The standard InChI is InChI=1S/C26H25N3O/c1-18-12-13-22(14-19(18)2)28-17-21(15-25(28)30)26-27-23-10-6-7-11-24(23)29(26)16-20-8-4-3-5-9-20/h3-14,21H,15-17H2,1-2H3/t21-/m1/s1. The Morgan fingerprint density at radius 2 is 1.70 bits per heavy atom. The molecule has 1 atom stereocenters. The van der Waals surface area contributed by atoms with E-state index < -0.39 is 0 Å². The number of carbonyl (C=O) groups excluding carboxylic acids is 1. The predicted octanol–water partition coefficient (Wildman–Crippen LogP) is 5.22. The Hall–Kier alpha value is -3.40. The highest BCUT2D eigenvalue weighted by Crippen LogP contribution is 2.34. The van der Waals surface area contributed by atoms with Gasteiger partial charge in [-0.2, -0.15) is 0 Å². The van der Waals surface area contributed by atoms with E-state index in [4.69, 9.17) is 4.98 Å². The monoisotopic (exact) mass is 395 g/mol. The molecule has 30 heavy (non-hydrogen) atoms. The minimum Gasteiger partial charge on any atom is -0.323 e. The zero-order chi connectivity index (χ0) is 20.7. The van der Waals surface area contributed by atoms with Crippen molar-refractivity contribution in [2.45, 2.75) is 32.7 Å². The van der Waals surface area contributed by atoms with Crippen LogP contribution in [0.15, 0.2) is 72.8 Å². The zero-order valence-electron chi connectivity index (χ0n) is 17.4. The summed E-state index contributed by atoms with van der Waals surface area (Å²) < 4.78 is 2.28. The van der Waals surface area contributed by atoms with Gasteiger partial charge in [-0.05, 0) is 54.8 Å². The van der Waals surface area contributed by atoms with Crippen LogP contribution in [0.2, 0.25) is 0 Å². The zero-order valence-corrected chi connectivity index (χ0v) is 17.4. The minimum atomic E-state index is 0.0789. The molecule has 5 rings (SSSR count). The van der Waals surface area contributed by atoms with E-state index in [9.17, 15) is 4.79 Å². The predicted molar refractivity (Wildman–Crippen MR) is 121 cm³/mol. The lowest BCUT2D eigenvalue weighted by atomic mass is 10.1. The number of hydrogen-bond acceptors (Lipinski definition) is 2. The summed E-state index contributed by atoms with van der Waals surface area (Å²) in [7, 11) is 0. The molecule has 0 radical (unpaired) electrons. The highest BCUT2D eigenvalue weighted by atomic mass is 16.2. The van der Waals surface area contributed by atoms with Crippen molar-refractivity contribution in [1.82, 2.24) is 9.55 Å². The Labute approximate surface area is 176 Å². The fourth-order valence-corrected chi connectivity index (χ4v) is 4.36. The largest absolute Gasteiger partial charge is 0.323 e. The van der Waals surface area contributed by atoms with Crippen LogP contribution in [-0.2, 0) is 11.3 Å². The van der Waals surface area contributed by atoms with Crippen LogP contribution in [0.1, 0.15) is 34.9 Å². The molecule has 4 nitrogen and oxygen atoms in total. The van der Waals surface area contributed by atoms with Crippen molar-refractivity contribution in [2.24, 2.45) is 0 Å². The number of fused-ring (bicyclic) bond motifs is 1. The molecule has 4 heteroatoms. The molecule has 4 aromatic rings. The van der Waals surface area contributed by atoms with Crippen LogP contribution in [0.25, 0.3) is 11.0 Å². The van der Waals surface area contributed by atoms with Gasteiger partial charge in [0.15, 0.2) is 0 Å². The molecule has 1 fully saturated rings. The first-order valence-electron chi connectivity index (χ1n) is 10.5. The smallest absolute Gasteiger partial charge is 0.227 e. The maximum absolute atomic E-state index is 12.9. The number of benzene rings is 3. The molecular formula is C26H25N3O. The Morgan fingerprint density at radius 3 is 2.50 bits per heavy atom. The molecule has 3 aromatic carbocycles. The molecule has 0 unspecified atom stereocenters. The van der Waals surface area contributed by atoms with Crippen molar-refractivity contribution in [3.05, 3.63) is 95.3 Å². The molecule has 0 N–H and O–H groups in total. The number of anilines is 1. The van der Waals surface area contributed by atoms with Crippen LogP contribution in [0.4, 0.5) is 5.69 Å². The van der Waals surface area contributed by atoms with Gasteiger partial charge >= 0.3 is 0 Å². The first-order valence-corrected chi connectivity index (χ1v) is 10.5. The number of aromatic nitrogens is 2. The first kappa shape index (κ1) is 18.6. The lowest BCUT2D eigenvalue weighted by molar-refractivity contribution is -0.117. The normalized spacial score (nSPS) is 16.5. The number of carbonyl (C=O) groups is 1. The van der Waals surface area contributed by atoms with Gasteiger partial charge in [-0.3, -0.25) is 4.79 Å². The van der Waals surface area contributed by atoms with Gasteiger partial charge in [0, 0.05) is 31.1 Å². The number of hydrogen-bond donors (Lipinski definition) is 0. The van der Waals surface area contributed by atoms with Gasteiger partial charge in [0.25, 0.3) is 0 Å². The van der Waals surface area contributed by atoms with Crippen molar-refractivity contribution in [3.63, 3.8) is 0 Å². The summed E-state index contributed by atoms with van der Waals surface area (Å²) in [4.78, 5) is 19.8. The third-order valence-corrected chi connectivity index (χ3v) is 6.16. The average molecular weight is 396 g/mol. The average Bonchev–Trinajstić information content (AvgIpc) is 3.32. The number of aryl methyl sites for hydroxylation is 2. The summed E-state index contributed by atoms with van der Waals surface area (Å²) in [5.74, 6) is 1.25. The topological polar surface area (TPSA) is 38.1 Å². The van der Waals surface area contributed by atoms with Crippen LogP contribution < -0.4 is 4.90 Å². The SMILES string of the molecule is Cc1ccc(N2C[C@H](c3nc4ccccc4n3Cc3ccccc3)CC2=O)cc1C. The van der Waals surface area contributed by atoms with Gasteiger partial charge in [-0.25, -0.2) is 4.98 Å². The molecule has 0 aliphatic carbocycles. The Bertz CT molecular complexity index is 1230. The van der Waals surface area contributed by atoms with Crippen LogP contribution in [0, 0.1) is 13.8 Å². The highest BCUT2D eigenvalue weighted by Gasteiger charge is 2.35. The Balaban J connectivity index is 1.52. The summed E-state index contributed by atoms with van der Waals surface area (Å²) in [5, 5.41) is 0. The van der Waals surface area contributed by atoms with Gasteiger partial charge in [-0.15, -0.1) is 0 Å². The molecule has 1 aliphatic heterocycles. The van der Waals surface area contributed by atoms with Crippen LogP contribution in [0.3, 0.4) is 0 Å². The maximum Gasteiger partial charge on any atom is 0.227 e. The van der Waals surface area contributed by atoms with Gasteiger partial charge in [0.1, 0.15) is 5.82 Å². The third-order valence-electron chi connectivity index (χ3n) is 6.16. The van der Waals surface area contributed by atoms with Crippen molar-refractivity contribution >= 4 is 22.6 Å². The van der Waals surface area contributed by atoms with Gasteiger partial charge < -0.3 is 9.47 Å². The summed E-state index contributed by atoms with van der Waals surface area (Å²) in [5.41, 5.74) is 6.77. The molecule has 2 heterocycles. The van der Waals surface area contributed by atoms with Gasteiger partial charge in [0.2, 0.25) is 5.91 Å². The molecule has 1 saturated heterocycles. The molecule has 1 aromatic heterocycles. The van der Waals surface area contributed by atoms with E-state index in [1.54, 1.807) is 0 Å². The number of amides is 1. The number of para-hydroxylation sites is 2. The highest BCUT2D eigenvalue weighted by molar-refractivity contribution is 5.96. The van der Waals surface area contributed by atoms with Gasteiger partial charge in [-0.1, -0.05) is 48.5 Å². The molecule has 1 amide bonds. The van der Waals surface area contributed by atoms with Crippen LogP contribution >= 0.6 is 0 Å². The molecular weight excluding hydrogens is 370 g/mol. The lowest BCUT2D eigenvalue weighted by Gasteiger charge is -2.18. The molecule has 0 bridgehead atoms. The molecule has 1 aliphatic rings. The third kappa shape index (κ3) is 3.28. The second-order valence-electron chi connectivity index (χ2n) is 8.20. The Kier molecular flexibility index (Phi) is 4.62. The van der Waals surface area contributed by atoms with Crippen LogP contribution in [-0.4, -0.2) is 22.0 Å². The van der Waals surface area contributed by atoms with Crippen molar-refractivity contribution in [1.29, 1.82) is 0 Å². The van der Waals surface area contributed by atoms with E-state index in [0.29, 0.717) is 13.0 Å². The van der Waals surface area contributed by atoms with Crippen LogP contribution in [0.5, 0.6) is 0 Å². The first-order chi connectivity index (χ1) is 14.6. The summed E-state index contributed by atoms with van der Waals surface area (Å²) in [6.07, 6.45) is 0.491. The summed E-state index contributed by atoms with van der Waals surface area (Å²) in [6, 6.07) is 24.9. The summed E-state index contributed by atoms with van der Waals surface area (Å²) >= 11 is 0. The van der Waals surface area contributed by atoms with E-state index in [2.05, 4.69) is 79.1 Å². The van der Waals surface area contributed by atoms with E-state index in [1.807, 2.05) is 17.0 Å². The number of imidazole rings is 1. The van der Waals surface area contributed by atoms with E-state index in [1.165, 1.54) is 16.7 Å². The van der Waals surface area contributed by atoms with E-state index in [0.717, 1.165) is 29.1 Å². The molecule has 0 spiro atoms. The molecule has 0 saturated carbocycles. The van der Waals surface area contributed by atoms with Gasteiger partial charge in [0.05, 0.1) is 11.0 Å². The lowest BCUT2D eigenvalue weighted by Crippen LogP contribution is -2.24. The van der Waals surface area contributed by atoms with E-state index in [-0.39, 0.29) is 11.8 Å². The number of rotatable bonds is 4.